The van der Waals surface area contributed by atoms with Gasteiger partial charge in [-0.3, -0.25) is 9.78 Å². The molecule has 1 rings (SSSR count). The highest BCUT2D eigenvalue weighted by molar-refractivity contribution is 5.85. The minimum Gasteiger partial charge on any atom is -0.352 e. The molecule has 1 aromatic rings. The summed E-state index contributed by atoms with van der Waals surface area (Å²) in [5.74, 6) is -0.0219. The smallest absolute Gasteiger partial charge is 0.221 e. The number of nitrogens with zero attached hydrogens (tertiary/aromatic N) is 1. The molecule has 0 aliphatic heterocycles. The molecule has 0 bridgehead atoms. The first-order valence-electron chi connectivity index (χ1n) is 4.18. The van der Waals surface area contributed by atoms with E-state index in [0.29, 0.717) is 19.5 Å². The standard InChI is InChI=1S/C9H13N3O.ClH/c10-4-3-9(13)12-7-8-2-1-5-11-6-8;/h1-2,5-6H,3-4,7,10H2,(H,12,13);1H. The maximum atomic E-state index is 11.0. The van der Waals surface area contributed by atoms with Crippen molar-refractivity contribution in [2.24, 2.45) is 5.73 Å². The Morgan fingerprint density at radius 2 is 2.36 bits per heavy atom. The van der Waals surface area contributed by atoms with Gasteiger partial charge in [0.1, 0.15) is 0 Å². The van der Waals surface area contributed by atoms with E-state index >= 15 is 0 Å². The highest BCUT2D eigenvalue weighted by Crippen LogP contribution is 1.94. The van der Waals surface area contributed by atoms with Gasteiger partial charge >= 0.3 is 0 Å². The molecule has 0 aliphatic carbocycles. The van der Waals surface area contributed by atoms with Crippen LogP contribution >= 0.6 is 12.4 Å². The first-order chi connectivity index (χ1) is 6.33. The Labute approximate surface area is 89.3 Å². The van der Waals surface area contributed by atoms with Crippen molar-refractivity contribution >= 4 is 18.3 Å². The minimum absolute atomic E-state index is 0. The van der Waals surface area contributed by atoms with E-state index < -0.39 is 0 Å². The molecule has 0 aliphatic rings. The van der Waals surface area contributed by atoms with Gasteiger partial charge in [0.2, 0.25) is 5.91 Å². The van der Waals surface area contributed by atoms with Gasteiger partial charge in [-0.15, -0.1) is 12.4 Å². The fourth-order valence-corrected chi connectivity index (χ4v) is 0.923. The lowest BCUT2D eigenvalue weighted by Crippen LogP contribution is -2.24. The topological polar surface area (TPSA) is 68.0 Å². The molecular weight excluding hydrogens is 202 g/mol. The average Bonchev–Trinajstić information content (AvgIpc) is 2.17. The molecule has 0 saturated heterocycles. The predicted octanol–water partition coefficient (Wildman–Crippen LogP) is 0.468. The van der Waals surface area contributed by atoms with Gasteiger partial charge < -0.3 is 11.1 Å². The van der Waals surface area contributed by atoms with Gasteiger partial charge in [0.25, 0.3) is 0 Å². The highest BCUT2D eigenvalue weighted by Gasteiger charge is 1.98. The summed E-state index contributed by atoms with van der Waals surface area (Å²) in [7, 11) is 0. The Kier molecular flexibility index (Phi) is 6.70. The Hall–Kier alpha value is -1.13. The second kappa shape index (κ2) is 7.29. The van der Waals surface area contributed by atoms with E-state index in [-0.39, 0.29) is 18.3 Å². The van der Waals surface area contributed by atoms with Gasteiger partial charge in [0.05, 0.1) is 0 Å². The van der Waals surface area contributed by atoms with E-state index in [4.69, 9.17) is 5.73 Å². The SMILES string of the molecule is Cl.NCCC(=O)NCc1cccnc1. The lowest BCUT2D eigenvalue weighted by molar-refractivity contribution is -0.121. The third-order valence-electron chi connectivity index (χ3n) is 1.58. The molecule has 78 valence electrons. The Bertz CT molecular complexity index is 266. The molecule has 1 heterocycles. The Balaban J connectivity index is 0.00000169. The molecule has 4 nitrogen and oxygen atoms in total. The van der Waals surface area contributed by atoms with Gasteiger partial charge in [0, 0.05) is 31.9 Å². The van der Waals surface area contributed by atoms with Crippen molar-refractivity contribution in [1.29, 1.82) is 0 Å². The molecule has 0 saturated carbocycles. The van der Waals surface area contributed by atoms with Crippen LogP contribution < -0.4 is 11.1 Å². The Morgan fingerprint density at radius 1 is 1.57 bits per heavy atom. The number of hydrogen-bond acceptors (Lipinski definition) is 3. The van der Waals surface area contributed by atoms with Crippen molar-refractivity contribution in [2.75, 3.05) is 6.54 Å². The molecule has 0 atom stereocenters. The first kappa shape index (κ1) is 12.9. The molecule has 0 unspecified atom stereocenters. The minimum atomic E-state index is -0.0219. The monoisotopic (exact) mass is 215 g/mol. The van der Waals surface area contributed by atoms with E-state index in [1.54, 1.807) is 12.4 Å². The lowest BCUT2D eigenvalue weighted by Gasteiger charge is -2.02. The second-order valence-electron chi connectivity index (χ2n) is 2.68. The number of aromatic nitrogens is 1. The van der Waals surface area contributed by atoms with Crippen LogP contribution in [0.15, 0.2) is 24.5 Å². The summed E-state index contributed by atoms with van der Waals surface area (Å²) in [6.07, 6.45) is 3.80. The average molecular weight is 216 g/mol. The number of carbonyl (C=O) groups excluding carboxylic acids is 1. The molecular formula is C9H14ClN3O. The van der Waals surface area contributed by atoms with Crippen LogP contribution in [0.25, 0.3) is 0 Å². The van der Waals surface area contributed by atoms with Crippen molar-refractivity contribution in [1.82, 2.24) is 10.3 Å². The van der Waals surface area contributed by atoms with Crippen molar-refractivity contribution in [2.45, 2.75) is 13.0 Å². The summed E-state index contributed by atoms with van der Waals surface area (Å²) in [6.45, 7) is 0.908. The van der Waals surface area contributed by atoms with Crippen molar-refractivity contribution in [3.05, 3.63) is 30.1 Å². The maximum Gasteiger partial charge on any atom is 0.221 e. The predicted molar refractivity (Wildman–Crippen MR) is 57.0 cm³/mol. The molecule has 14 heavy (non-hydrogen) atoms. The number of pyridine rings is 1. The summed E-state index contributed by atoms with van der Waals surface area (Å²) in [5, 5.41) is 2.74. The van der Waals surface area contributed by atoms with Crippen LogP contribution in [0.5, 0.6) is 0 Å². The van der Waals surface area contributed by atoms with Crippen LogP contribution in [0.1, 0.15) is 12.0 Å². The Morgan fingerprint density at radius 3 is 2.93 bits per heavy atom. The number of amides is 1. The summed E-state index contributed by atoms with van der Waals surface area (Å²) >= 11 is 0. The number of halogens is 1. The molecule has 3 N–H and O–H groups in total. The van der Waals surface area contributed by atoms with Gasteiger partial charge in [-0.1, -0.05) is 6.07 Å². The number of nitrogens with one attached hydrogen (secondary N) is 1. The fourth-order valence-electron chi connectivity index (χ4n) is 0.923. The number of hydrogen-bond donors (Lipinski definition) is 2. The maximum absolute atomic E-state index is 11.0. The molecule has 0 spiro atoms. The molecule has 1 aromatic heterocycles. The number of nitrogens with two attached hydrogens (primary N) is 1. The number of carbonyl (C=O) groups is 1. The highest BCUT2D eigenvalue weighted by atomic mass is 35.5. The van der Waals surface area contributed by atoms with Crippen LogP contribution in [0.4, 0.5) is 0 Å². The molecule has 0 radical (unpaired) electrons. The van der Waals surface area contributed by atoms with Crippen LogP contribution in [0.2, 0.25) is 0 Å². The quantitative estimate of drug-likeness (QED) is 0.767. The second-order valence-corrected chi connectivity index (χ2v) is 2.68. The molecule has 0 aromatic carbocycles. The van der Waals surface area contributed by atoms with Crippen LogP contribution in [-0.2, 0) is 11.3 Å². The van der Waals surface area contributed by atoms with Gasteiger partial charge in [-0.05, 0) is 11.6 Å². The van der Waals surface area contributed by atoms with E-state index in [0.717, 1.165) is 5.56 Å². The van der Waals surface area contributed by atoms with Gasteiger partial charge in [-0.25, -0.2) is 0 Å². The van der Waals surface area contributed by atoms with Crippen LogP contribution in [0.3, 0.4) is 0 Å². The summed E-state index contributed by atoms with van der Waals surface area (Å²) in [5.41, 5.74) is 6.22. The zero-order valence-corrected chi connectivity index (χ0v) is 8.59. The lowest BCUT2D eigenvalue weighted by atomic mass is 10.3. The third-order valence-corrected chi connectivity index (χ3v) is 1.58. The molecule has 5 heteroatoms. The summed E-state index contributed by atoms with van der Waals surface area (Å²) in [4.78, 5) is 14.9. The largest absolute Gasteiger partial charge is 0.352 e. The van der Waals surface area contributed by atoms with Crippen molar-refractivity contribution in [3.63, 3.8) is 0 Å². The fraction of sp³-hybridized carbons (Fsp3) is 0.333. The van der Waals surface area contributed by atoms with Gasteiger partial charge in [0.15, 0.2) is 0 Å². The van der Waals surface area contributed by atoms with E-state index in [9.17, 15) is 4.79 Å². The zero-order valence-electron chi connectivity index (χ0n) is 7.77. The van der Waals surface area contributed by atoms with E-state index in [2.05, 4.69) is 10.3 Å². The van der Waals surface area contributed by atoms with Crippen molar-refractivity contribution < 1.29 is 4.79 Å². The van der Waals surface area contributed by atoms with Crippen molar-refractivity contribution in [3.8, 4) is 0 Å². The third kappa shape index (κ3) is 4.79. The zero-order chi connectivity index (χ0) is 9.52. The molecule has 0 fully saturated rings. The molecule has 1 amide bonds. The van der Waals surface area contributed by atoms with Gasteiger partial charge in [-0.2, -0.15) is 0 Å². The van der Waals surface area contributed by atoms with Crippen LogP contribution in [0, 0.1) is 0 Å². The van der Waals surface area contributed by atoms with Crippen LogP contribution in [-0.4, -0.2) is 17.4 Å². The normalized spacial score (nSPS) is 8.93. The van der Waals surface area contributed by atoms with E-state index in [1.807, 2.05) is 12.1 Å². The van der Waals surface area contributed by atoms with E-state index in [1.165, 1.54) is 0 Å². The summed E-state index contributed by atoms with van der Waals surface area (Å²) in [6, 6.07) is 3.75. The number of rotatable bonds is 4. The summed E-state index contributed by atoms with van der Waals surface area (Å²) < 4.78 is 0. The first-order valence-corrected chi connectivity index (χ1v) is 4.18.